The van der Waals surface area contributed by atoms with E-state index in [1.54, 1.807) is 12.1 Å². The second-order valence-electron chi connectivity index (χ2n) is 9.41. The number of esters is 1. The van der Waals surface area contributed by atoms with E-state index in [9.17, 15) is 19.2 Å². The van der Waals surface area contributed by atoms with Gasteiger partial charge in [0.15, 0.2) is 0 Å². The number of imide groups is 1. The lowest BCUT2D eigenvalue weighted by Crippen LogP contribution is -2.33. The number of hydrogen-bond acceptors (Lipinski definition) is 5. The smallest absolute Gasteiger partial charge is 0.313 e. The molecule has 0 spiro atoms. The van der Waals surface area contributed by atoms with Gasteiger partial charge in [-0.3, -0.25) is 24.1 Å². The monoisotopic (exact) mass is 484 g/mol. The number of amides is 3. The molecule has 5 rings (SSSR count). The summed E-state index contributed by atoms with van der Waals surface area (Å²) in [7, 11) is 0. The molecule has 2 atom stereocenters. The maximum absolute atomic E-state index is 13.1. The summed E-state index contributed by atoms with van der Waals surface area (Å²) < 4.78 is 5.63. The lowest BCUT2D eigenvalue weighted by atomic mass is 9.81. The SMILES string of the molecule is O=C(CCN1C(=O)[C@H]2CCCC[C@@H]2C1=O)Oc1cc2ccccc2cc1C(=O)NCc1ccccc1. The number of nitrogens with one attached hydrogen (secondary N) is 1. The highest BCUT2D eigenvalue weighted by Gasteiger charge is 2.47. The quantitative estimate of drug-likeness (QED) is 0.308. The number of carbonyl (C=O) groups is 4. The van der Waals surface area contributed by atoms with Gasteiger partial charge in [0.25, 0.3) is 5.91 Å². The number of benzene rings is 3. The van der Waals surface area contributed by atoms with Crippen molar-refractivity contribution in [3.05, 3.63) is 77.9 Å². The molecule has 1 heterocycles. The Balaban J connectivity index is 1.29. The highest BCUT2D eigenvalue weighted by Crippen LogP contribution is 2.38. The number of fused-ring (bicyclic) bond motifs is 2. The van der Waals surface area contributed by atoms with Crippen molar-refractivity contribution < 1.29 is 23.9 Å². The lowest BCUT2D eigenvalue weighted by Gasteiger charge is -2.19. The number of ether oxygens (including phenoxy) is 1. The molecule has 0 bridgehead atoms. The molecule has 0 unspecified atom stereocenters. The van der Waals surface area contributed by atoms with Gasteiger partial charge in [0.05, 0.1) is 23.8 Å². The van der Waals surface area contributed by atoms with E-state index in [0.717, 1.165) is 42.0 Å². The zero-order valence-corrected chi connectivity index (χ0v) is 19.9. The summed E-state index contributed by atoms with van der Waals surface area (Å²) in [5, 5.41) is 4.56. The van der Waals surface area contributed by atoms with Crippen LogP contribution in [0.1, 0.15) is 48.0 Å². The Morgan fingerprint density at radius 2 is 1.47 bits per heavy atom. The van der Waals surface area contributed by atoms with Crippen molar-refractivity contribution in [1.82, 2.24) is 10.2 Å². The molecule has 1 N–H and O–H groups in total. The van der Waals surface area contributed by atoms with Gasteiger partial charge < -0.3 is 10.1 Å². The molecule has 3 aromatic rings. The van der Waals surface area contributed by atoms with Crippen molar-refractivity contribution in [3.8, 4) is 5.75 Å². The van der Waals surface area contributed by atoms with Crippen LogP contribution in [0.3, 0.4) is 0 Å². The minimum atomic E-state index is -0.599. The van der Waals surface area contributed by atoms with Gasteiger partial charge in [-0.1, -0.05) is 67.4 Å². The first kappa shape index (κ1) is 23.7. The molecule has 3 amide bonds. The third-order valence-corrected chi connectivity index (χ3v) is 7.08. The number of likely N-dealkylation sites (tertiary alicyclic amines) is 1. The Kier molecular flexibility index (Phi) is 6.80. The van der Waals surface area contributed by atoms with Crippen molar-refractivity contribution in [1.29, 1.82) is 0 Å². The second kappa shape index (κ2) is 10.3. The minimum Gasteiger partial charge on any atom is -0.426 e. The van der Waals surface area contributed by atoms with Gasteiger partial charge in [-0.25, -0.2) is 0 Å². The maximum Gasteiger partial charge on any atom is 0.313 e. The molecular formula is C29H28N2O5. The van der Waals surface area contributed by atoms with Crippen molar-refractivity contribution in [2.45, 2.75) is 38.6 Å². The standard InChI is InChI=1S/C29H28N2O5/c32-26(14-15-31-28(34)22-12-6-7-13-23(22)29(31)35)36-25-17-21-11-5-4-10-20(21)16-24(25)27(33)30-18-19-8-2-1-3-9-19/h1-5,8-11,16-17,22-23H,6-7,12-15,18H2,(H,30,33)/t22-,23-/m0/s1. The first-order chi connectivity index (χ1) is 17.5. The van der Waals surface area contributed by atoms with Crippen LogP contribution in [0.5, 0.6) is 5.75 Å². The Morgan fingerprint density at radius 3 is 2.14 bits per heavy atom. The van der Waals surface area contributed by atoms with E-state index in [1.807, 2.05) is 54.6 Å². The van der Waals surface area contributed by atoms with Gasteiger partial charge in [0.2, 0.25) is 11.8 Å². The Bertz CT molecular complexity index is 1300. The van der Waals surface area contributed by atoms with Crippen LogP contribution in [-0.4, -0.2) is 35.1 Å². The van der Waals surface area contributed by atoms with Crippen molar-refractivity contribution in [2.24, 2.45) is 11.8 Å². The Morgan fingerprint density at radius 1 is 0.861 bits per heavy atom. The van der Waals surface area contributed by atoms with Gasteiger partial charge >= 0.3 is 5.97 Å². The van der Waals surface area contributed by atoms with Crippen molar-refractivity contribution >= 4 is 34.5 Å². The van der Waals surface area contributed by atoms with Crippen molar-refractivity contribution in [2.75, 3.05) is 6.54 Å². The summed E-state index contributed by atoms with van der Waals surface area (Å²) in [4.78, 5) is 52.5. The number of nitrogens with zero attached hydrogens (tertiary/aromatic N) is 1. The average Bonchev–Trinajstić information content (AvgIpc) is 3.15. The molecule has 1 saturated carbocycles. The van der Waals surface area contributed by atoms with Crippen LogP contribution in [0.15, 0.2) is 66.7 Å². The molecule has 36 heavy (non-hydrogen) atoms. The summed E-state index contributed by atoms with van der Waals surface area (Å²) in [5.74, 6) is -1.66. The maximum atomic E-state index is 13.1. The van der Waals surface area contributed by atoms with Gasteiger partial charge in [-0.05, 0) is 41.3 Å². The topological polar surface area (TPSA) is 92.8 Å². The summed E-state index contributed by atoms with van der Waals surface area (Å²) in [6, 6.07) is 20.4. The summed E-state index contributed by atoms with van der Waals surface area (Å²) in [6.45, 7) is 0.327. The highest BCUT2D eigenvalue weighted by atomic mass is 16.5. The molecule has 2 fully saturated rings. The van der Waals surface area contributed by atoms with E-state index in [2.05, 4.69) is 5.32 Å². The van der Waals surface area contributed by atoms with E-state index in [1.165, 1.54) is 4.90 Å². The summed E-state index contributed by atoms with van der Waals surface area (Å²) in [6.07, 6.45) is 3.23. The zero-order valence-electron chi connectivity index (χ0n) is 19.9. The number of hydrogen-bond donors (Lipinski definition) is 1. The first-order valence-corrected chi connectivity index (χ1v) is 12.4. The predicted molar refractivity (Wildman–Crippen MR) is 134 cm³/mol. The molecule has 3 aromatic carbocycles. The third-order valence-electron chi connectivity index (χ3n) is 7.08. The zero-order chi connectivity index (χ0) is 25.1. The molecule has 1 aliphatic carbocycles. The Labute approximate surface area is 209 Å². The molecule has 0 radical (unpaired) electrons. The van der Waals surface area contributed by atoms with Crippen LogP contribution in [-0.2, 0) is 20.9 Å². The Hall–Kier alpha value is -4.00. The van der Waals surface area contributed by atoms with Gasteiger partial charge in [0.1, 0.15) is 5.75 Å². The fourth-order valence-electron chi connectivity index (χ4n) is 5.18. The van der Waals surface area contributed by atoms with Gasteiger partial charge in [-0.2, -0.15) is 0 Å². The number of carbonyl (C=O) groups excluding carboxylic acids is 4. The van der Waals surface area contributed by atoms with Crippen LogP contribution >= 0.6 is 0 Å². The van der Waals surface area contributed by atoms with E-state index in [-0.39, 0.29) is 53.8 Å². The van der Waals surface area contributed by atoms with E-state index in [4.69, 9.17) is 4.74 Å². The molecule has 1 saturated heterocycles. The van der Waals surface area contributed by atoms with Crippen molar-refractivity contribution in [3.63, 3.8) is 0 Å². The predicted octanol–water partition coefficient (Wildman–Crippen LogP) is 4.24. The average molecular weight is 485 g/mol. The van der Waals surface area contributed by atoms with E-state index in [0.29, 0.717) is 6.54 Å². The molecule has 0 aromatic heterocycles. The molecule has 2 aliphatic rings. The fraction of sp³-hybridized carbons (Fsp3) is 0.310. The minimum absolute atomic E-state index is 0.00732. The first-order valence-electron chi connectivity index (χ1n) is 12.4. The van der Waals surface area contributed by atoms with Crippen LogP contribution in [0, 0.1) is 11.8 Å². The van der Waals surface area contributed by atoms with Crippen LogP contribution in [0.4, 0.5) is 0 Å². The number of rotatable bonds is 7. The summed E-state index contributed by atoms with van der Waals surface area (Å²) >= 11 is 0. The largest absolute Gasteiger partial charge is 0.426 e. The second-order valence-corrected chi connectivity index (χ2v) is 9.41. The van der Waals surface area contributed by atoms with Gasteiger partial charge in [0, 0.05) is 13.1 Å². The molecule has 184 valence electrons. The van der Waals surface area contributed by atoms with Crippen LogP contribution in [0.25, 0.3) is 10.8 Å². The van der Waals surface area contributed by atoms with E-state index < -0.39 is 5.97 Å². The third kappa shape index (κ3) is 4.87. The lowest BCUT2D eigenvalue weighted by molar-refractivity contribution is -0.141. The molecule has 7 nitrogen and oxygen atoms in total. The molecule has 1 aliphatic heterocycles. The van der Waals surface area contributed by atoms with Crippen LogP contribution < -0.4 is 10.1 Å². The fourth-order valence-corrected chi connectivity index (χ4v) is 5.18. The molecule has 7 heteroatoms. The van der Waals surface area contributed by atoms with Crippen LogP contribution in [0.2, 0.25) is 0 Å². The molecular weight excluding hydrogens is 456 g/mol. The normalized spacial score (nSPS) is 19.3. The van der Waals surface area contributed by atoms with Gasteiger partial charge in [-0.15, -0.1) is 0 Å². The highest BCUT2D eigenvalue weighted by molar-refractivity contribution is 6.05. The van der Waals surface area contributed by atoms with E-state index >= 15 is 0 Å². The summed E-state index contributed by atoms with van der Waals surface area (Å²) in [5.41, 5.74) is 1.20.